The summed E-state index contributed by atoms with van der Waals surface area (Å²) in [5.74, 6) is 1.27. The first kappa shape index (κ1) is 13.6. The Morgan fingerprint density at radius 3 is 2.44 bits per heavy atom. The Hall–Kier alpha value is -0.430. The van der Waals surface area contributed by atoms with E-state index in [1.165, 1.54) is 49.2 Å². The lowest BCUT2D eigenvalue weighted by atomic mass is 10.1. The lowest BCUT2D eigenvalue weighted by Gasteiger charge is -2.08. The quantitative estimate of drug-likeness (QED) is 0.435. The van der Waals surface area contributed by atoms with Crippen LogP contribution in [0, 0.1) is 0 Å². The second kappa shape index (κ2) is 8.69. The molecule has 90 valence electrons. The van der Waals surface area contributed by atoms with E-state index in [-0.39, 0.29) is 0 Å². The highest BCUT2D eigenvalue weighted by Gasteiger charge is 2.01. The molecular formula is C15H24S. The molecule has 1 aromatic rings. The summed E-state index contributed by atoms with van der Waals surface area (Å²) in [5.41, 5.74) is 1.55. The van der Waals surface area contributed by atoms with Gasteiger partial charge in [0.2, 0.25) is 0 Å². The van der Waals surface area contributed by atoms with Crippen molar-refractivity contribution in [2.45, 2.75) is 57.3 Å². The average Bonchev–Trinajstić information content (AvgIpc) is 2.33. The fraction of sp³-hybridized carbons (Fsp3) is 0.600. The minimum Gasteiger partial charge on any atom is -0.126 e. The van der Waals surface area contributed by atoms with Crippen molar-refractivity contribution < 1.29 is 0 Å². The van der Waals surface area contributed by atoms with Gasteiger partial charge in [-0.15, -0.1) is 11.8 Å². The van der Waals surface area contributed by atoms with Crippen LogP contribution in [0.15, 0.2) is 29.2 Å². The van der Waals surface area contributed by atoms with E-state index in [0.717, 1.165) is 0 Å². The van der Waals surface area contributed by atoms with Gasteiger partial charge in [-0.3, -0.25) is 0 Å². The molecule has 0 nitrogen and oxygen atoms in total. The lowest BCUT2D eigenvalue weighted by molar-refractivity contribution is 0.775. The van der Waals surface area contributed by atoms with Gasteiger partial charge in [-0.25, -0.2) is 0 Å². The second-order valence-electron chi connectivity index (χ2n) is 4.27. The van der Waals surface area contributed by atoms with Gasteiger partial charge in [-0.2, -0.15) is 0 Å². The van der Waals surface area contributed by atoms with Gasteiger partial charge in [0.05, 0.1) is 0 Å². The summed E-state index contributed by atoms with van der Waals surface area (Å²) in [4.78, 5) is 1.51. The Morgan fingerprint density at radius 2 is 1.69 bits per heavy atom. The Labute approximate surface area is 105 Å². The minimum absolute atomic E-state index is 1.24. The summed E-state index contributed by atoms with van der Waals surface area (Å²) in [6.07, 6.45) is 7.88. The van der Waals surface area contributed by atoms with Crippen LogP contribution in [-0.4, -0.2) is 5.75 Å². The molecule has 0 bridgehead atoms. The van der Waals surface area contributed by atoms with Gasteiger partial charge in [0.15, 0.2) is 0 Å². The monoisotopic (exact) mass is 236 g/mol. The van der Waals surface area contributed by atoms with Crippen molar-refractivity contribution >= 4 is 11.8 Å². The van der Waals surface area contributed by atoms with Gasteiger partial charge in [-0.1, -0.05) is 51.3 Å². The number of rotatable bonds is 8. The van der Waals surface area contributed by atoms with Crippen molar-refractivity contribution in [3.05, 3.63) is 29.8 Å². The molecule has 0 amide bonds. The molecule has 0 aromatic heterocycles. The van der Waals surface area contributed by atoms with Crippen LogP contribution < -0.4 is 0 Å². The maximum absolute atomic E-state index is 2.29. The number of hydrogen-bond donors (Lipinski definition) is 0. The highest BCUT2D eigenvalue weighted by molar-refractivity contribution is 7.99. The zero-order valence-corrected chi connectivity index (χ0v) is 11.5. The molecule has 0 spiro atoms. The molecule has 0 aliphatic carbocycles. The summed E-state index contributed by atoms with van der Waals surface area (Å²) in [7, 11) is 0. The van der Waals surface area contributed by atoms with Gasteiger partial charge in [-0.05, 0) is 36.6 Å². The Balaban J connectivity index is 2.43. The number of unbranched alkanes of at least 4 members (excludes halogenated alkanes) is 3. The molecule has 0 saturated carbocycles. The largest absolute Gasteiger partial charge is 0.126 e. The van der Waals surface area contributed by atoms with Crippen molar-refractivity contribution in [1.82, 2.24) is 0 Å². The van der Waals surface area contributed by atoms with Crippen molar-refractivity contribution in [3.8, 4) is 0 Å². The Morgan fingerprint density at radius 1 is 0.938 bits per heavy atom. The first-order valence-electron chi connectivity index (χ1n) is 6.59. The van der Waals surface area contributed by atoms with E-state index >= 15 is 0 Å². The Kier molecular flexibility index (Phi) is 7.41. The summed E-state index contributed by atoms with van der Waals surface area (Å²) >= 11 is 2.04. The molecule has 0 atom stereocenters. The number of hydrogen-bond acceptors (Lipinski definition) is 1. The van der Waals surface area contributed by atoms with Crippen LogP contribution in [0.2, 0.25) is 0 Å². The zero-order chi connectivity index (χ0) is 11.6. The molecule has 0 fully saturated rings. The zero-order valence-electron chi connectivity index (χ0n) is 10.7. The third-order valence-electron chi connectivity index (χ3n) is 2.78. The van der Waals surface area contributed by atoms with E-state index in [0.29, 0.717) is 0 Å². The van der Waals surface area contributed by atoms with Crippen LogP contribution >= 0.6 is 11.8 Å². The third kappa shape index (κ3) is 5.07. The predicted molar refractivity (Wildman–Crippen MR) is 75.3 cm³/mol. The van der Waals surface area contributed by atoms with Crippen molar-refractivity contribution in [2.24, 2.45) is 0 Å². The maximum Gasteiger partial charge on any atom is 0.0104 e. The molecule has 0 aliphatic rings. The molecule has 0 aliphatic heterocycles. The topological polar surface area (TPSA) is 0 Å². The number of thioether (sulfide) groups is 1. The van der Waals surface area contributed by atoms with Crippen LogP contribution in [-0.2, 0) is 6.42 Å². The van der Waals surface area contributed by atoms with E-state index in [2.05, 4.69) is 38.1 Å². The summed E-state index contributed by atoms with van der Waals surface area (Å²) in [5, 5.41) is 0. The Bertz CT molecular complexity index is 281. The van der Waals surface area contributed by atoms with Gasteiger partial charge in [0, 0.05) is 4.90 Å². The van der Waals surface area contributed by atoms with E-state index in [1.807, 2.05) is 11.8 Å². The van der Waals surface area contributed by atoms with Crippen molar-refractivity contribution in [3.63, 3.8) is 0 Å². The molecule has 0 unspecified atom stereocenters. The van der Waals surface area contributed by atoms with Crippen LogP contribution in [0.3, 0.4) is 0 Å². The van der Waals surface area contributed by atoms with Gasteiger partial charge < -0.3 is 0 Å². The molecule has 0 heterocycles. The molecule has 0 radical (unpaired) electrons. The molecule has 1 rings (SSSR count). The molecule has 16 heavy (non-hydrogen) atoms. The highest BCUT2D eigenvalue weighted by atomic mass is 32.2. The highest BCUT2D eigenvalue weighted by Crippen LogP contribution is 2.25. The number of benzene rings is 1. The maximum atomic E-state index is 2.29. The number of aryl methyl sites for hydroxylation is 1. The van der Waals surface area contributed by atoms with Crippen LogP contribution in [0.4, 0.5) is 0 Å². The minimum atomic E-state index is 1.24. The standard InChI is InChI=1S/C15H24S/c1-3-5-9-13-16-15-12-8-7-11-14(15)10-6-4-2/h7-8,11-12H,3-6,9-10,13H2,1-2H3. The van der Waals surface area contributed by atoms with Gasteiger partial charge in [0.1, 0.15) is 0 Å². The average molecular weight is 236 g/mol. The normalized spacial score (nSPS) is 10.6. The fourth-order valence-electron chi connectivity index (χ4n) is 1.75. The molecule has 1 aromatic carbocycles. The van der Waals surface area contributed by atoms with Crippen LogP contribution in [0.1, 0.15) is 51.5 Å². The molecular weight excluding hydrogens is 212 g/mol. The predicted octanol–water partition coefficient (Wildman–Crippen LogP) is 5.31. The van der Waals surface area contributed by atoms with Gasteiger partial charge in [0.25, 0.3) is 0 Å². The molecule has 0 saturated heterocycles. The summed E-state index contributed by atoms with van der Waals surface area (Å²) in [6.45, 7) is 4.52. The van der Waals surface area contributed by atoms with E-state index in [4.69, 9.17) is 0 Å². The van der Waals surface area contributed by atoms with Gasteiger partial charge >= 0.3 is 0 Å². The van der Waals surface area contributed by atoms with E-state index < -0.39 is 0 Å². The fourth-order valence-corrected chi connectivity index (χ4v) is 2.85. The van der Waals surface area contributed by atoms with Crippen molar-refractivity contribution in [1.29, 1.82) is 0 Å². The van der Waals surface area contributed by atoms with Crippen molar-refractivity contribution in [2.75, 3.05) is 5.75 Å². The summed E-state index contributed by atoms with van der Waals surface area (Å²) < 4.78 is 0. The lowest BCUT2D eigenvalue weighted by Crippen LogP contribution is -1.89. The first-order valence-corrected chi connectivity index (χ1v) is 7.57. The SMILES string of the molecule is CCCCCSc1ccccc1CCCC. The molecule has 1 heteroatoms. The third-order valence-corrected chi connectivity index (χ3v) is 3.98. The smallest absolute Gasteiger partial charge is 0.0104 e. The first-order chi connectivity index (χ1) is 7.88. The van der Waals surface area contributed by atoms with E-state index in [9.17, 15) is 0 Å². The van der Waals surface area contributed by atoms with E-state index in [1.54, 1.807) is 5.56 Å². The van der Waals surface area contributed by atoms with Crippen LogP contribution in [0.5, 0.6) is 0 Å². The second-order valence-corrected chi connectivity index (χ2v) is 5.40. The van der Waals surface area contributed by atoms with Crippen LogP contribution in [0.25, 0.3) is 0 Å². The molecule has 0 N–H and O–H groups in total. The summed E-state index contributed by atoms with van der Waals surface area (Å²) in [6, 6.07) is 8.90.